The van der Waals surface area contributed by atoms with Crippen LogP contribution in [0.15, 0.2) is 29.8 Å². The number of fused-ring (bicyclic) bond motifs is 5. The van der Waals surface area contributed by atoms with E-state index in [9.17, 15) is 23.1 Å². The fraction of sp³-hybridized carbons (Fsp3) is 0.667. The normalized spacial score (nSPS) is 43.0. The minimum Gasteiger partial charge on any atom is -0.393 e. The highest BCUT2D eigenvalue weighted by Crippen LogP contribution is 2.66. The first kappa shape index (κ1) is 22.2. The number of carbonyl (C=O) groups excluding carboxylic acids is 1. The maximum absolute atomic E-state index is 13.5. The van der Waals surface area contributed by atoms with Gasteiger partial charge < -0.3 is 5.11 Å². The smallest absolute Gasteiger partial charge is 0.393 e. The molecule has 0 aliphatic heterocycles. The van der Waals surface area contributed by atoms with Crippen LogP contribution in [0.1, 0.15) is 76.3 Å². The molecule has 4 aliphatic carbocycles. The molecule has 5 rings (SSSR count). The third kappa shape index (κ3) is 3.38. The average Bonchev–Trinajstić information content (AvgIpc) is 2.99. The van der Waals surface area contributed by atoms with E-state index >= 15 is 0 Å². The van der Waals surface area contributed by atoms with Gasteiger partial charge in [-0.3, -0.25) is 4.79 Å². The molecule has 7 atom stereocenters. The van der Waals surface area contributed by atoms with E-state index in [-0.39, 0.29) is 22.7 Å². The molecular weight excluding hydrogens is 413 g/mol. The Bertz CT molecular complexity index is 933. The summed E-state index contributed by atoms with van der Waals surface area (Å²) in [5, 5.41) is 10.2. The summed E-state index contributed by atoms with van der Waals surface area (Å²) in [7, 11) is 0. The first-order valence-corrected chi connectivity index (χ1v) is 12.1. The summed E-state index contributed by atoms with van der Waals surface area (Å²) in [4.78, 5) is 13.5. The van der Waals surface area contributed by atoms with Gasteiger partial charge in [-0.2, -0.15) is 13.2 Å². The molecule has 0 heterocycles. The van der Waals surface area contributed by atoms with Gasteiger partial charge >= 0.3 is 6.18 Å². The van der Waals surface area contributed by atoms with Gasteiger partial charge in [-0.1, -0.05) is 26.0 Å². The van der Waals surface area contributed by atoms with Crippen LogP contribution < -0.4 is 0 Å². The maximum Gasteiger partial charge on any atom is 0.416 e. The van der Waals surface area contributed by atoms with E-state index in [0.29, 0.717) is 29.2 Å². The Morgan fingerprint density at radius 1 is 1.00 bits per heavy atom. The highest BCUT2D eigenvalue weighted by atomic mass is 19.4. The van der Waals surface area contributed by atoms with E-state index in [1.807, 2.05) is 6.08 Å². The Morgan fingerprint density at radius 2 is 1.72 bits per heavy atom. The number of Topliss-reactive ketones (excluding diaryl/α,β-unsaturated/α-hetero) is 1. The van der Waals surface area contributed by atoms with Gasteiger partial charge in [-0.15, -0.1) is 0 Å². The summed E-state index contributed by atoms with van der Waals surface area (Å²) >= 11 is 0. The standard InChI is InChI=1S/C27H33F3O2/c1-25-11-9-20(31)15-19(25)7-8-21-22(25)10-12-26(2)23(21)14-17(24(26)32)13-16-3-5-18(6-4-16)27(28,29)30/h3-6,13,19-23,31H,7-12,14-15H2,1-2H3/b17-13+/t19-,20-,21-,22+,23+,25+,26+/m1/s1. The second kappa shape index (κ2) is 7.44. The van der Waals surface area contributed by atoms with Crippen LogP contribution in [0.4, 0.5) is 13.2 Å². The van der Waals surface area contributed by atoms with E-state index in [2.05, 4.69) is 13.8 Å². The predicted molar refractivity (Wildman–Crippen MR) is 118 cm³/mol. The second-order valence-electron chi connectivity index (χ2n) is 11.4. The molecule has 174 valence electrons. The highest BCUT2D eigenvalue weighted by molar-refractivity contribution is 6.05. The van der Waals surface area contributed by atoms with Crippen LogP contribution in [0, 0.1) is 34.5 Å². The van der Waals surface area contributed by atoms with Gasteiger partial charge in [0, 0.05) is 5.41 Å². The van der Waals surface area contributed by atoms with Crippen LogP contribution in [0.5, 0.6) is 0 Å². The van der Waals surface area contributed by atoms with E-state index in [1.165, 1.54) is 12.1 Å². The van der Waals surface area contributed by atoms with Crippen molar-refractivity contribution >= 4 is 11.9 Å². The molecule has 0 aromatic heterocycles. The second-order valence-corrected chi connectivity index (χ2v) is 11.4. The van der Waals surface area contributed by atoms with Crippen LogP contribution in [0.2, 0.25) is 0 Å². The van der Waals surface area contributed by atoms with E-state index in [4.69, 9.17) is 0 Å². The molecule has 1 aromatic rings. The molecule has 0 saturated heterocycles. The Kier molecular flexibility index (Phi) is 5.16. The summed E-state index contributed by atoms with van der Waals surface area (Å²) in [6.07, 6.45) is 5.15. The lowest BCUT2D eigenvalue weighted by Gasteiger charge is -2.59. The van der Waals surface area contributed by atoms with Crippen molar-refractivity contribution in [3.05, 3.63) is 41.0 Å². The first-order chi connectivity index (χ1) is 15.0. The minimum absolute atomic E-state index is 0.162. The van der Waals surface area contributed by atoms with Crippen molar-refractivity contribution < 1.29 is 23.1 Å². The molecule has 0 radical (unpaired) electrons. The number of carbonyl (C=O) groups is 1. The van der Waals surface area contributed by atoms with Gasteiger partial charge in [0.05, 0.1) is 11.7 Å². The molecular formula is C27H33F3O2. The lowest BCUT2D eigenvalue weighted by molar-refractivity contribution is -0.141. The van der Waals surface area contributed by atoms with E-state index in [0.717, 1.165) is 69.1 Å². The van der Waals surface area contributed by atoms with Gasteiger partial charge in [-0.25, -0.2) is 0 Å². The summed E-state index contributed by atoms with van der Waals surface area (Å²) < 4.78 is 38.6. The average molecular weight is 447 g/mol. The molecule has 0 unspecified atom stereocenters. The number of hydrogen-bond acceptors (Lipinski definition) is 2. The molecule has 5 heteroatoms. The van der Waals surface area contributed by atoms with Crippen LogP contribution in [-0.2, 0) is 11.0 Å². The fourth-order valence-electron chi connectivity index (χ4n) is 8.00. The van der Waals surface area contributed by atoms with Crippen molar-refractivity contribution in [3.8, 4) is 0 Å². The molecule has 1 N–H and O–H groups in total. The summed E-state index contributed by atoms with van der Waals surface area (Å²) in [5.41, 5.74) is 0.688. The highest BCUT2D eigenvalue weighted by Gasteiger charge is 2.61. The van der Waals surface area contributed by atoms with Gasteiger partial charge in [0.15, 0.2) is 5.78 Å². The zero-order valence-corrected chi connectivity index (χ0v) is 18.9. The van der Waals surface area contributed by atoms with Crippen molar-refractivity contribution in [1.29, 1.82) is 0 Å². The Balaban J connectivity index is 1.41. The number of ketones is 1. The number of aliphatic hydroxyl groups is 1. The molecule has 4 saturated carbocycles. The number of aliphatic hydroxyl groups excluding tert-OH is 1. The molecule has 0 amide bonds. The molecule has 4 aliphatic rings. The predicted octanol–water partition coefficient (Wildman–Crippen LogP) is 6.67. The number of rotatable bonds is 1. The SMILES string of the molecule is C[C@]12CC[C@@H](O)C[C@H]1CC[C@@H]1[C@@H]2CC[C@]2(C)C(=O)/C(=C/c3ccc(C(F)(F)F)cc3)C[C@@H]12. The van der Waals surface area contributed by atoms with Crippen molar-refractivity contribution in [1.82, 2.24) is 0 Å². The van der Waals surface area contributed by atoms with Crippen molar-refractivity contribution in [3.63, 3.8) is 0 Å². The fourth-order valence-corrected chi connectivity index (χ4v) is 8.00. The summed E-state index contributed by atoms with van der Waals surface area (Å²) in [6.45, 7) is 4.56. The van der Waals surface area contributed by atoms with Gasteiger partial charge in [-0.05, 0) is 110 Å². The molecule has 1 aromatic carbocycles. The number of benzene rings is 1. The number of hydrogen-bond donors (Lipinski definition) is 1. The first-order valence-electron chi connectivity index (χ1n) is 12.1. The molecule has 0 spiro atoms. The molecule has 0 bridgehead atoms. The Morgan fingerprint density at radius 3 is 2.41 bits per heavy atom. The molecule has 4 fully saturated rings. The van der Waals surface area contributed by atoms with Crippen molar-refractivity contribution in [2.75, 3.05) is 0 Å². The van der Waals surface area contributed by atoms with Crippen LogP contribution in [-0.4, -0.2) is 17.0 Å². The van der Waals surface area contributed by atoms with E-state index in [1.54, 1.807) is 0 Å². The molecule has 32 heavy (non-hydrogen) atoms. The number of alkyl halides is 3. The van der Waals surface area contributed by atoms with Crippen LogP contribution in [0.3, 0.4) is 0 Å². The van der Waals surface area contributed by atoms with Crippen molar-refractivity contribution in [2.24, 2.45) is 34.5 Å². The van der Waals surface area contributed by atoms with Crippen LogP contribution in [0.25, 0.3) is 6.08 Å². The maximum atomic E-state index is 13.5. The topological polar surface area (TPSA) is 37.3 Å². The lowest BCUT2D eigenvalue weighted by Crippen LogP contribution is -2.54. The van der Waals surface area contributed by atoms with Crippen molar-refractivity contribution in [2.45, 2.75) is 77.5 Å². The summed E-state index contributed by atoms with van der Waals surface area (Å²) in [5.74, 6) is 2.22. The van der Waals surface area contributed by atoms with Gasteiger partial charge in [0.1, 0.15) is 0 Å². The quantitative estimate of drug-likeness (QED) is 0.489. The summed E-state index contributed by atoms with van der Waals surface area (Å²) in [6, 6.07) is 5.12. The lowest BCUT2D eigenvalue weighted by atomic mass is 9.45. The number of allylic oxidation sites excluding steroid dienone is 1. The zero-order chi connectivity index (χ0) is 22.9. The van der Waals surface area contributed by atoms with Gasteiger partial charge in [0.25, 0.3) is 0 Å². The Hall–Kier alpha value is -1.62. The largest absolute Gasteiger partial charge is 0.416 e. The third-order valence-electron chi connectivity index (χ3n) is 9.86. The monoisotopic (exact) mass is 446 g/mol. The van der Waals surface area contributed by atoms with Gasteiger partial charge in [0.2, 0.25) is 0 Å². The minimum atomic E-state index is -4.35. The van der Waals surface area contributed by atoms with Crippen LogP contribution >= 0.6 is 0 Å². The number of halogens is 3. The zero-order valence-electron chi connectivity index (χ0n) is 18.9. The molecule has 2 nitrogen and oxygen atoms in total. The van der Waals surface area contributed by atoms with E-state index < -0.39 is 11.7 Å². The third-order valence-corrected chi connectivity index (χ3v) is 9.86. The Labute approximate surface area is 188 Å².